The summed E-state index contributed by atoms with van der Waals surface area (Å²) < 4.78 is 28.3. The minimum absolute atomic E-state index is 0.150. The number of rotatable bonds is 14. The average molecular weight is 680 g/mol. The minimum Gasteiger partial charge on any atom is -0.493 e. The van der Waals surface area contributed by atoms with Crippen LogP contribution in [0.1, 0.15) is 31.0 Å². The highest BCUT2D eigenvalue weighted by Crippen LogP contribution is 2.35. The molecule has 220 valence electrons. The van der Waals surface area contributed by atoms with Crippen LogP contribution in [0.25, 0.3) is 0 Å². The lowest BCUT2D eigenvalue weighted by Crippen LogP contribution is -2.45. The van der Waals surface area contributed by atoms with Crippen molar-refractivity contribution in [3.8, 4) is 23.0 Å². The molecule has 0 spiro atoms. The molecule has 0 radical (unpaired) electrons. The third-order valence-corrected chi connectivity index (χ3v) is 6.51. The number of aliphatic hydroxyl groups excluding tert-OH is 1. The van der Waals surface area contributed by atoms with E-state index in [2.05, 4.69) is 50.3 Å². The molecule has 0 aromatic heterocycles. The van der Waals surface area contributed by atoms with Gasteiger partial charge in [-0.15, -0.1) is 0 Å². The van der Waals surface area contributed by atoms with Crippen LogP contribution in [0.4, 0.5) is 4.79 Å². The van der Waals surface area contributed by atoms with Crippen molar-refractivity contribution in [2.75, 3.05) is 34.0 Å². The van der Waals surface area contributed by atoms with E-state index in [9.17, 15) is 14.7 Å². The molecular formula is C28H33IN4O8. The standard InChI is InChI=1S/C28H33IN4O8/c1-6-10-40-26-19(29)11-17(12-22(26)37-4)14-30-33-23(34)15-41-20-9-8-18(13-21(20)39-7-2)25-24(27(35)38-5)16(3)31-28(36)32-25/h6,8-9,11-14,23,25,33-34H,1,7,10,15H2,2-5H3,(H2,31,32,36)/b30-14+/t23-,25+/m1/s1. The lowest BCUT2D eigenvalue weighted by Gasteiger charge is -2.28. The summed E-state index contributed by atoms with van der Waals surface area (Å²) in [5.74, 6) is 1.31. The van der Waals surface area contributed by atoms with E-state index < -0.39 is 24.3 Å². The van der Waals surface area contributed by atoms with Crippen LogP contribution in [0, 0.1) is 3.57 Å². The Bertz CT molecular complexity index is 1330. The fourth-order valence-electron chi connectivity index (χ4n) is 3.92. The van der Waals surface area contributed by atoms with Crippen LogP contribution in [0.5, 0.6) is 23.0 Å². The second-order valence-corrected chi connectivity index (χ2v) is 9.71. The first kappa shape index (κ1) is 31.5. The SMILES string of the molecule is C=CCOc1c(I)cc(/C=N/N[C@H](O)COc2ccc([C@@H]3NC(=O)NC(C)=C3C(=O)OC)cc2OCC)cc1OC. The zero-order valence-corrected chi connectivity index (χ0v) is 25.3. The summed E-state index contributed by atoms with van der Waals surface area (Å²) in [6.45, 7) is 7.62. The number of carbonyl (C=O) groups is 2. The van der Waals surface area contributed by atoms with E-state index in [0.717, 1.165) is 9.13 Å². The van der Waals surface area contributed by atoms with Crippen LogP contribution in [0.2, 0.25) is 0 Å². The first-order chi connectivity index (χ1) is 19.7. The van der Waals surface area contributed by atoms with Gasteiger partial charge in [-0.3, -0.25) is 5.43 Å². The van der Waals surface area contributed by atoms with Gasteiger partial charge in [0.05, 0.1) is 42.2 Å². The number of carbonyl (C=O) groups excluding carboxylic acids is 2. The number of hydrogen-bond donors (Lipinski definition) is 4. The molecular weight excluding hydrogens is 647 g/mol. The minimum atomic E-state index is -1.14. The van der Waals surface area contributed by atoms with Crippen molar-refractivity contribution in [2.24, 2.45) is 5.10 Å². The van der Waals surface area contributed by atoms with Gasteiger partial charge in [-0.05, 0) is 71.8 Å². The molecule has 3 rings (SSSR count). The van der Waals surface area contributed by atoms with Gasteiger partial charge in [-0.1, -0.05) is 18.7 Å². The Kier molecular flexibility index (Phi) is 11.6. The maximum atomic E-state index is 12.4. The molecule has 41 heavy (non-hydrogen) atoms. The Labute approximate surface area is 251 Å². The number of aliphatic hydroxyl groups is 1. The van der Waals surface area contributed by atoms with Gasteiger partial charge >= 0.3 is 12.0 Å². The predicted octanol–water partition coefficient (Wildman–Crippen LogP) is 3.39. The molecule has 0 aliphatic carbocycles. The number of allylic oxidation sites excluding steroid dienone is 1. The van der Waals surface area contributed by atoms with Crippen molar-refractivity contribution >= 4 is 40.8 Å². The molecule has 2 aromatic carbocycles. The third-order valence-electron chi connectivity index (χ3n) is 5.71. The molecule has 2 aromatic rings. The lowest BCUT2D eigenvalue weighted by molar-refractivity contribution is -0.136. The van der Waals surface area contributed by atoms with Gasteiger partial charge in [0.1, 0.15) is 13.2 Å². The van der Waals surface area contributed by atoms with Gasteiger partial charge in [-0.2, -0.15) is 5.10 Å². The Balaban J connectivity index is 1.69. The number of hydrazone groups is 1. The number of esters is 1. The van der Waals surface area contributed by atoms with Gasteiger partial charge in [0, 0.05) is 5.70 Å². The van der Waals surface area contributed by atoms with E-state index in [4.69, 9.17) is 23.7 Å². The highest BCUT2D eigenvalue weighted by atomic mass is 127. The molecule has 13 heteroatoms. The summed E-state index contributed by atoms with van der Waals surface area (Å²) in [6.07, 6.45) is 2.04. The molecule has 4 N–H and O–H groups in total. The molecule has 0 bridgehead atoms. The van der Waals surface area contributed by atoms with Crippen LogP contribution in [0.3, 0.4) is 0 Å². The largest absolute Gasteiger partial charge is 0.493 e. The Morgan fingerprint density at radius 1 is 1.20 bits per heavy atom. The topological polar surface area (TPSA) is 149 Å². The number of ether oxygens (including phenoxy) is 5. The average Bonchev–Trinajstić information content (AvgIpc) is 2.95. The molecule has 0 unspecified atom stereocenters. The number of methoxy groups -OCH3 is 2. The van der Waals surface area contributed by atoms with Crippen molar-refractivity contribution in [1.29, 1.82) is 0 Å². The van der Waals surface area contributed by atoms with Crippen LogP contribution in [-0.4, -0.2) is 63.6 Å². The summed E-state index contributed by atoms with van der Waals surface area (Å²) in [7, 11) is 2.82. The molecule has 1 aliphatic heterocycles. The highest BCUT2D eigenvalue weighted by molar-refractivity contribution is 14.1. The Morgan fingerprint density at radius 2 is 1.98 bits per heavy atom. The Hall–Kier alpha value is -3.98. The monoisotopic (exact) mass is 680 g/mol. The third kappa shape index (κ3) is 8.27. The molecule has 2 atom stereocenters. The summed E-state index contributed by atoms with van der Waals surface area (Å²) in [6, 6.07) is 7.42. The van der Waals surface area contributed by atoms with E-state index in [-0.39, 0.29) is 12.2 Å². The van der Waals surface area contributed by atoms with Crippen molar-refractivity contribution < 1.29 is 38.4 Å². The summed E-state index contributed by atoms with van der Waals surface area (Å²) in [5.41, 5.74) is 4.60. The van der Waals surface area contributed by atoms with Crippen molar-refractivity contribution in [2.45, 2.75) is 26.1 Å². The van der Waals surface area contributed by atoms with Crippen LogP contribution in [-0.2, 0) is 9.53 Å². The molecule has 12 nitrogen and oxygen atoms in total. The van der Waals surface area contributed by atoms with Crippen LogP contribution < -0.4 is 35.0 Å². The maximum Gasteiger partial charge on any atom is 0.337 e. The summed E-state index contributed by atoms with van der Waals surface area (Å²) in [5, 5.41) is 19.8. The number of benzene rings is 2. The number of halogens is 1. The normalized spacial score (nSPS) is 15.5. The first-order valence-electron chi connectivity index (χ1n) is 12.6. The van der Waals surface area contributed by atoms with E-state index in [1.54, 1.807) is 44.4 Å². The fraction of sp³-hybridized carbons (Fsp3) is 0.321. The predicted molar refractivity (Wildman–Crippen MR) is 160 cm³/mol. The quantitative estimate of drug-likeness (QED) is 0.0589. The van der Waals surface area contributed by atoms with E-state index >= 15 is 0 Å². The van der Waals surface area contributed by atoms with Gasteiger partial charge in [0.15, 0.2) is 29.2 Å². The van der Waals surface area contributed by atoms with Gasteiger partial charge in [0.25, 0.3) is 0 Å². The van der Waals surface area contributed by atoms with Crippen molar-refractivity contribution in [3.05, 3.63) is 69.0 Å². The molecule has 1 aliphatic rings. The number of hydrogen-bond acceptors (Lipinski definition) is 10. The molecule has 0 fully saturated rings. The van der Waals surface area contributed by atoms with Gasteiger partial charge < -0.3 is 39.4 Å². The van der Waals surface area contributed by atoms with Crippen LogP contribution >= 0.6 is 22.6 Å². The van der Waals surface area contributed by atoms with E-state index in [1.165, 1.54) is 13.3 Å². The second-order valence-electron chi connectivity index (χ2n) is 8.55. The molecule has 2 amide bonds. The number of nitrogens with one attached hydrogen (secondary N) is 3. The van der Waals surface area contributed by atoms with Crippen molar-refractivity contribution in [3.63, 3.8) is 0 Å². The van der Waals surface area contributed by atoms with Gasteiger partial charge in [-0.25, -0.2) is 9.59 Å². The molecule has 1 heterocycles. The molecule has 0 saturated heterocycles. The fourth-order valence-corrected chi connectivity index (χ4v) is 4.70. The summed E-state index contributed by atoms with van der Waals surface area (Å²) in [4.78, 5) is 24.5. The zero-order chi connectivity index (χ0) is 29.9. The first-order valence-corrected chi connectivity index (χ1v) is 13.6. The zero-order valence-electron chi connectivity index (χ0n) is 23.2. The van der Waals surface area contributed by atoms with Gasteiger partial charge in [0.2, 0.25) is 0 Å². The second kappa shape index (κ2) is 15.1. The smallest absolute Gasteiger partial charge is 0.337 e. The number of amides is 2. The number of urea groups is 1. The van der Waals surface area contributed by atoms with E-state index in [0.29, 0.717) is 47.5 Å². The van der Waals surface area contributed by atoms with E-state index in [1.807, 2.05) is 13.0 Å². The van der Waals surface area contributed by atoms with Crippen molar-refractivity contribution in [1.82, 2.24) is 16.1 Å². The maximum absolute atomic E-state index is 12.4. The lowest BCUT2D eigenvalue weighted by atomic mass is 9.95. The van der Waals surface area contributed by atoms with Crippen LogP contribution in [0.15, 0.2) is 59.4 Å². The summed E-state index contributed by atoms with van der Waals surface area (Å²) >= 11 is 2.14. The Morgan fingerprint density at radius 3 is 2.66 bits per heavy atom. The number of nitrogens with zero attached hydrogens (tertiary/aromatic N) is 1. The molecule has 0 saturated carbocycles. The highest BCUT2D eigenvalue weighted by Gasteiger charge is 2.32.